The molecule has 2 aromatic rings. The lowest BCUT2D eigenvalue weighted by molar-refractivity contribution is -0.234. The highest BCUT2D eigenvalue weighted by atomic mass is 35.5. The summed E-state index contributed by atoms with van der Waals surface area (Å²) >= 11 is 0.829. The molecule has 3 amide bonds. The Morgan fingerprint density at radius 2 is 1.72 bits per heavy atom. The highest BCUT2D eigenvalue weighted by Crippen LogP contribution is 2.17. The molecule has 0 saturated carbocycles. The van der Waals surface area contributed by atoms with E-state index in [9.17, 15) is 28.3 Å². The zero-order chi connectivity index (χ0) is 35.6. The summed E-state index contributed by atoms with van der Waals surface area (Å²) in [6.07, 6.45) is 2.82. The Hall–Kier alpha value is -3.01. The Morgan fingerprint density at radius 3 is 2.36 bits per heavy atom. The summed E-state index contributed by atoms with van der Waals surface area (Å²) in [5, 5.41) is 22.4. The van der Waals surface area contributed by atoms with Gasteiger partial charge in [0.1, 0.15) is 24.3 Å². The van der Waals surface area contributed by atoms with Crippen LogP contribution in [0.5, 0.6) is 0 Å². The molecule has 0 radical (unpaired) electrons. The Bertz CT molecular complexity index is 1320. The molecule has 11 nitrogen and oxygen atoms in total. The molecule has 1 fully saturated rings. The van der Waals surface area contributed by atoms with Crippen LogP contribution in [0.25, 0.3) is 0 Å². The average Bonchev–Trinajstić information content (AvgIpc) is 3.49. The molecule has 0 spiro atoms. The molecular formula is C35H51ClF2N4O7S. The van der Waals surface area contributed by atoms with E-state index >= 15 is 0 Å². The van der Waals surface area contributed by atoms with Crippen LogP contribution >= 0.6 is 24.4 Å². The highest BCUT2D eigenvalue weighted by molar-refractivity contribution is 7.94. The number of halogens is 3. The molecule has 1 saturated heterocycles. The van der Waals surface area contributed by atoms with Crippen molar-refractivity contribution in [2.75, 3.05) is 18.9 Å². The molecule has 2 aromatic carbocycles. The Kier molecular flexibility index (Phi) is 20.2. The Morgan fingerprint density at radius 1 is 1.02 bits per heavy atom. The number of aliphatic hydroxyl groups is 1. The Labute approximate surface area is 303 Å². The van der Waals surface area contributed by atoms with Crippen molar-refractivity contribution in [1.82, 2.24) is 21.3 Å². The van der Waals surface area contributed by atoms with Gasteiger partial charge in [-0.05, 0) is 60.9 Å². The van der Waals surface area contributed by atoms with Gasteiger partial charge in [-0.3, -0.25) is 9.59 Å². The van der Waals surface area contributed by atoms with Crippen molar-refractivity contribution in [3.05, 3.63) is 70.8 Å². The smallest absolute Gasteiger partial charge is 0.407 e. The summed E-state index contributed by atoms with van der Waals surface area (Å²) in [4.78, 5) is 43.5. The minimum Gasteiger partial charge on any atom is -0.447 e. The van der Waals surface area contributed by atoms with Crippen molar-refractivity contribution in [3.63, 3.8) is 0 Å². The predicted molar refractivity (Wildman–Crippen MR) is 190 cm³/mol. The zero-order valence-corrected chi connectivity index (χ0v) is 30.5. The van der Waals surface area contributed by atoms with Crippen LogP contribution in [0.4, 0.5) is 13.6 Å². The van der Waals surface area contributed by atoms with Gasteiger partial charge in [0.05, 0.1) is 30.0 Å². The van der Waals surface area contributed by atoms with Gasteiger partial charge < -0.3 is 31.1 Å². The van der Waals surface area contributed by atoms with E-state index in [1.54, 1.807) is 0 Å². The second-order valence-corrected chi connectivity index (χ2v) is 12.9. The second-order valence-electron chi connectivity index (χ2n) is 12.2. The molecular weight excluding hydrogens is 694 g/mol. The number of amides is 3. The van der Waals surface area contributed by atoms with Gasteiger partial charge in [-0.15, -0.1) is 12.4 Å². The van der Waals surface area contributed by atoms with Crippen molar-refractivity contribution in [1.29, 1.82) is 0 Å². The summed E-state index contributed by atoms with van der Waals surface area (Å²) in [6, 6.07) is 8.47. The van der Waals surface area contributed by atoms with Gasteiger partial charge in [-0.2, -0.15) is 4.33 Å². The predicted octanol–water partition coefficient (Wildman–Crippen LogP) is 5.07. The molecule has 1 aliphatic rings. The van der Waals surface area contributed by atoms with E-state index in [1.807, 2.05) is 32.0 Å². The molecule has 3 rings (SSSR count). The van der Waals surface area contributed by atoms with E-state index in [0.29, 0.717) is 19.4 Å². The monoisotopic (exact) mass is 744 g/mol. The van der Waals surface area contributed by atoms with Gasteiger partial charge in [0.2, 0.25) is 11.8 Å². The number of carbonyl (C=O) groups excluding carboxylic acids is 3. The SMILES string of the molecule is CCCC(CCC)OOSCC(NC(=O)OC[C@H]1CCC(=O)N1)C(=O)N[C@@H](Cc1cc(F)cc(F)c1)[C@H](O)CNCc1cccc(CC)c1.Cl. The molecule has 1 aliphatic heterocycles. The Balaban J connectivity index is 0.00000867. The molecule has 1 unspecified atom stereocenters. The van der Waals surface area contributed by atoms with Gasteiger partial charge in [-0.1, -0.05) is 57.9 Å². The number of alkyl carbamates (subject to hydrolysis) is 1. The van der Waals surface area contributed by atoms with E-state index in [-0.39, 0.29) is 61.3 Å². The summed E-state index contributed by atoms with van der Waals surface area (Å²) in [5.74, 6) is -2.48. The second kappa shape index (κ2) is 23.5. The van der Waals surface area contributed by atoms with Crippen LogP contribution in [0.2, 0.25) is 0 Å². The quantitative estimate of drug-likeness (QED) is 0.0483. The first-order chi connectivity index (χ1) is 23.6. The number of rotatable bonds is 22. The molecule has 0 bridgehead atoms. The molecule has 15 heteroatoms. The minimum atomic E-state index is -1.21. The van der Waals surface area contributed by atoms with Crippen molar-refractivity contribution < 1.29 is 42.2 Å². The largest absolute Gasteiger partial charge is 0.447 e. The van der Waals surface area contributed by atoms with E-state index in [2.05, 4.69) is 34.3 Å². The van der Waals surface area contributed by atoms with E-state index in [1.165, 1.54) is 5.56 Å². The highest BCUT2D eigenvalue weighted by Gasteiger charge is 2.29. The number of carbonyl (C=O) groups is 3. The summed E-state index contributed by atoms with van der Waals surface area (Å²) in [5.41, 5.74) is 2.41. The number of aryl methyl sites for hydroxylation is 1. The zero-order valence-electron chi connectivity index (χ0n) is 28.9. The lowest BCUT2D eigenvalue weighted by atomic mass is 10.00. The van der Waals surface area contributed by atoms with Gasteiger partial charge in [-0.25, -0.2) is 18.5 Å². The van der Waals surface area contributed by atoms with Gasteiger partial charge in [0.25, 0.3) is 0 Å². The lowest BCUT2D eigenvalue weighted by Crippen LogP contribution is -2.55. The van der Waals surface area contributed by atoms with Crippen molar-refractivity contribution in [2.45, 2.75) is 109 Å². The van der Waals surface area contributed by atoms with E-state index in [4.69, 9.17) is 14.0 Å². The normalized spacial score (nSPS) is 15.9. The molecule has 0 aromatic heterocycles. The maximum absolute atomic E-state index is 14.1. The van der Waals surface area contributed by atoms with E-state index in [0.717, 1.165) is 67.9 Å². The van der Waals surface area contributed by atoms with Crippen molar-refractivity contribution in [3.8, 4) is 0 Å². The van der Waals surface area contributed by atoms with Crippen LogP contribution in [0.15, 0.2) is 42.5 Å². The van der Waals surface area contributed by atoms with Crippen LogP contribution in [0.3, 0.4) is 0 Å². The standard InChI is InChI=1S/C35H50F2N4O7S.ClH/c1-4-8-29(9-5-2)47-48-49-22-31(41-35(45)46-21-28-12-13-33(43)39-28)34(44)40-30(17-25-15-26(36)18-27(37)16-25)32(42)20-38-19-24-11-7-10-23(6-3)14-24;/h7,10-11,14-16,18,28-32,38,42H,4-6,8-9,12-13,17,19-22H2,1-3H3,(H,39,43)(H,40,44)(H,41,45);1H/t28-,30+,31?,32-;/m1./s1. The van der Waals surface area contributed by atoms with Crippen molar-refractivity contribution >= 4 is 42.4 Å². The van der Waals surface area contributed by atoms with E-state index < -0.39 is 41.8 Å². The number of hydrogen-bond donors (Lipinski definition) is 5. The fourth-order valence-corrected chi connectivity index (χ4v) is 6.02. The average molecular weight is 745 g/mol. The minimum absolute atomic E-state index is 0. The molecule has 4 atom stereocenters. The first kappa shape index (κ1) is 43.2. The first-order valence-electron chi connectivity index (χ1n) is 17.0. The maximum atomic E-state index is 14.1. The van der Waals surface area contributed by atoms with Gasteiger partial charge in [0, 0.05) is 37.6 Å². The van der Waals surface area contributed by atoms with Crippen LogP contribution in [0.1, 0.15) is 76.0 Å². The molecule has 5 N–H and O–H groups in total. The first-order valence-corrected chi connectivity index (χ1v) is 17.9. The number of benzene rings is 2. The van der Waals surface area contributed by atoms with Gasteiger partial charge >= 0.3 is 6.09 Å². The number of ether oxygens (including phenoxy) is 1. The lowest BCUT2D eigenvalue weighted by Gasteiger charge is -2.27. The molecule has 0 aliphatic carbocycles. The van der Waals surface area contributed by atoms with Crippen LogP contribution in [-0.4, -0.2) is 72.3 Å². The summed E-state index contributed by atoms with van der Waals surface area (Å²) < 4.78 is 38.8. The summed E-state index contributed by atoms with van der Waals surface area (Å²) in [6.45, 7) is 6.55. The van der Waals surface area contributed by atoms with Gasteiger partial charge in [0.15, 0.2) is 0 Å². The van der Waals surface area contributed by atoms with Crippen LogP contribution < -0.4 is 21.3 Å². The molecule has 1 heterocycles. The molecule has 280 valence electrons. The maximum Gasteiger partial charge on any atom is 0.407 e. The number of aliphatic hydroxyl groups excluding tert-OH is 1. The third-order valence-corrected chi connectivity index (χ3v) is 8.69. The third-order valence-electron chi connectivity index (χ3n) is 8.04. The third kappa shape index (κ3) is 15.9. The fraction of sp³-hybridized carbons (Fsp3) is 0.571. The number of nitrogens with one attached hydrogen (secondary N) is 4. The molecule has 50 heavy (non-hydrogen) atoms. The summed E-state index contributed by atoms with van der Waals surface area (Å²) in [7, 11) is 0. The number of hydrogen-bond acceptors (Lipinski definition) is 9. The van der Waals surface area contributed by atoms with Crippen LogP contribution in [0, 0.1) is 11.6 Å². The van der Waals surface area contributed by atoms with Crippen LogP contribution in [-0.2, 0) is 42.9 Å². The van der Waals surface area contributed by atoms with Crippen molar-refractivity contribution in [2.24, 2.45) is 0 Å². The fourth-order valence-electron chi connectivity index (χ4n) is 5.42. The topological polar surface area (TPSA) is 147 Å².